The molecule has 0 aromatic rings. The fraction of sp³-hybridized carbons (Fsp3) is 0.600. The molecule has 0 spiro atoms. The average Bonchev–Trinajstić information content (AvgIpc) is 2.16. The van der Waals surface area contributed by atoms with Crippen LogP contribution in [-0.4, -0.2) is 18.9 Å². The topological polar surface area (TPSA) is 43.4 Å². The van der Waals surface area contributed by atoms with Crippen molar-refractivity contribution in [1.29, 1.82) is 0 Å². The van der Waals surface area contributed by atoms with E-state index >= 15 is 0 Å². The number of ketones is 1. The highest BCUT2D eigenvalue weighted by atomic mass is 16.5. The Bertz CT molecular complexity index is 194. The Morgan fingerprint density at radius 2 is 2.00 bits per heavy atom. The maximum Gasteiger partial charge on any atom is 0.378 e. The summed E-state index contributed by atoms with van der Waals surface area (Å²) < 4.78 is 4.25. The molecule has 3 nitrogen and oxygen atoms in total. The van der Waals surface area contributed by atoms with Gasteiger partial charge in [0.15, 0.2) is 0 Å². The van der Waals surface area contributed by atoms with E-state index in [1.165, 1.54) is 13.2 Å². The van der Waals surface area contributed by atoms with Crippen molar-refractivity contribution in [3.05, 3.63) is 12.2 Å². The Kier molecular flexibility index (Phi) is 6.88. The van der Waals surface area contributed by atoms with E-state index < -0.39 is 11.8 Å². The van der Waals surface area contributed by atoms with Crippen molar-refractivity contribution in [1.82, 2.24) is 0 Å². The van der Waals surface area contributed by atoms with Crippen LogP contribution in [0.25, 0.3) is 0 Å². The van der Waals surface area contributed by atoms with E-state index in [2.05, 4.69) is 11.7 Å². The van der Waals surface area contributed by atoms with Crippen LogP contribution in [0.1, 0.15) is 32.6 Å². The smallest absolute Gasteiger partial charge is 0.378 e. The maximum atomic E-state index is 10.8. The number of esters is 1. The summed E-state index contributed by atoms with van der Waals surface area (Å²) in [5.74, 6) is -1.38. The van der Waals surface area contributed by atoms with Gasteiger partial charge in [0.2, 0.25) is 0 Å². The van der Waals surface area contributed by atoms with Crippen molar-refractivity contribution in [2.45, 2.75) is 32.6 Å². The summed E-state index contributed by atoms with van der Waals surface area (Å²) in [5.41, 5.74) is 0. The number of hydrogen-bond donors (Lipinski definition) is 0. The van der Waals surface area contributed by atoms with Crippen molar-refractivity contribution in [3.63, 3.8) is 0 Å². The van der Waals surface area contributed by atoms with E-state index in [4.69, 9.17) is 0 Å². The van der Waals surface area contributed by atoms with Crippen molar-refractivity contribution in [2.24, 2.45) is 0 Å². The first-order valence-corrected chi connectivity index (χ1v) is 4.51. The van der Waals surface area contributed by atoms with Crippen LogP contribution in [-0.2, 0) is 14.3 Å². The molecule has 0 aromatic carbocycles. The molecule has 0 saturated carbocycles. The monoisotopic (exact) mass is 184 g/mol. The van der Waals surface area contributed by atoms with Gasteiger partial charge in [-0.2, -0.15) is 0 Å². The Morgan fingerprint density at radius 3 is 2.54 bits per heavy atom. The Labute approximate surface area is 78.8 Å². The number of rotatable bonds is 6. The normalized spacial score (nSPS) is 10.3. The predicted octanol–water partition coefficient (Wildman–Crippen LogP) is 1.86. The lowest BCUT2D eigenvalue weighted by Crippen LogP contribution is -2.12. The summed E-state index contributed by atoms with van der Waals surface area (Å²) in [4.78, 5) is 21.5. The molecule has 0 aliphatic carbocycles. The highest BCUT2D eigenvalue weighted by Gasteiger charge is 2.07. The molecule has 13 heavy (non-hydrogen) atoms. The first-order chi connectivity index (χ1) is 6.22. The number of ether oxygens (including phenoxy) is 1. The second-order valence-corrected chi connectivity index (χ2v) is 2.75. The number of carbonyl (C=O) groups excluding carboxylic acids is 2. The fourth-order valence-electron chi connectivity index (χ4n) is 0.871. The molecule has 0 amide bonds. The minimum Gasteiger partial charge on any atom is -0.463 e. The Morgan fingerprint density at radius 1 is 1.31 bits per heavy atom. The van der Waals surface area contributed by atoms with Crippen LogP contribution in [0.15, 0.2) is 12.2 Å². The van der Waals surface area contributed by atoms with E-state index in [-0.39, 0.29) is 0 Å². The van der Waals surface area contributed by atoms with Crippen LogP contribution >= 0.6 is 0 Å². The van der Waals surface area contributed by atoms with Crippen LogP contribution in [0.2, 0.25) is 0 Å². The molecule has 0 heterocycles. The number of methoxy groups -OCH3 is 1. The second kappa shape index (κ2) is 7.53. The van der Waals surface area contributed by atoms with E-state index in [0.717, 1.165) is 25.7 Å². The number of allylic oxidation sites excluding steroid dienone is 1. The third-order valence-corrected chi connectivity index (χ3v) is 1.63. The molecule has 0 bridgehead atoms. The minimum absolute atomic E-state index is 0.584. The van der Waals surface area contributed by atoms with Gasteiger partial charge < -0.3 is 4.74 Å². The van der Waals surface area contributed by atoms with Crippen molar-refractivity contribution in [2.75, 3.05) is 7.11 Å². The van der Waals surface area contributed by atoms with Crippen LogP contribution in [0, 0.1) is 0 Å². The SMILES string of the molecule is CCCCC/C=C/C(=O)C(=O)OC. The molecule has 3 heteroatoms. The quantitative estimate of drug-likeness (QED) is 0.274. The summed E-state index contributed by atoms with van der Waals surface area (Å²) in [5, 5.41) is 0. The highest BCUT2D eigenvalue weighted by Crippen LogP contribution is 1.99. The zero-order chi connectivity index (χ0) is 10.1. The molecule has 0 fully saturated rings. The van der Waals surface area contributed by atoms with Crippen molar-refractivity contribution >= 4 is 11.8 Å². The zero-order valence-electron chi connectivity index (χ0n) is 8.21. The molecule has 0 aliphatic heterocycles. The lowest BCUT2D eigenvalue weighted by atomic mass is 10.2. The first kappa shape index (κ1) is 11.9. The van der Waals surface area contributed by atoms with Crippen molar-refractivity contribution in [3.8, 4) is 0 Å². The molecule has 0 atom stereocenters. The van der Waals surface area contributed by atoms with E-state index in [0.29, 0.717) is 0 Å². The number of unbranched alkanes of at least 4 members (excludes halogenated alkanes) is 3. The Hall–Kier alpha value is -1.12. The molecule has 0 rings (SSSR count). The summed E-state index contributed by atoms with van der Waals surface area (Å²) in [6.07, 6.45) is 7.20. The van der Waals surface area contributed by atoms with Crippen LogP contribution in [0.4, 0.5) is 0 Å². The first-order valence-electron chi connectivity index (χ1n) is 4.51. The van der Waals surface area contributed by atoms with Gasteiger partial charge in [-0.3, -0.25) is 4.79 Å². The van der Waals surface area contributed by atoms with E-state index in [1.807, 2.05) is 0 Å². The standard InChI is InChI=1S/C10H16O3/c1-3-4-5-6-7-8-9(11)10(12)13-2/h7-8H,3-6H2,1-2H3/b8-7+. The molecule has 0 aliphatic rings. The minimum atomic E-state index is -0.799. The predicted molar refractivity (Wildman–Crippen MR) is 50.3 cm³/mol. The molecule has 0 unspecified atom stereocenters. The summed E-state index contributed by atoms with van der Waals surface area (Å²) in [6, 6.07) is 0. The molecule has 0 N–H and O–H groups in total. The second-order valence-electron chi connectivity index (χ2n) is 2.75. The molecule has 0 aromatic heterocycles. The highest BCUT2D eigenvalue weighted by molar-refractivity contribution is 6.38. The van der Waals surface area contributed by atoms with Gasteiger partial charge in [-0.1, -0.05) is 25.8 Å². The van der Waals surface area contributed by atoms with Gasteiger partial charge in [0.05, 0.1) is 7.11 Å². The van der Waals surface area contributed by atoms with Gasteiger partial charge in [0.25, 0.3) is 5.78 Å². The zero-order valence-corrected chi connectivity index (χ0v) is 8.21. The van der Waals surface area contributed by atoms with E-state index in [9.17, 15) is 9.59 Å². The summed E-state index contributed by atoms with van der Waals surface area (Å²) >= 11 is 0. The maximum absolute atomic E-state index is 10.8. The fourth-order valence-corrected chi connectivity index (χ4v) is 0.871. The number of carbonyl (C=O) groups is 2. The molecule has 0 radical (unpaired) electrons. The third-order valence-electron chi connectivity index (χ3n) is 1.63. The summed E-state index contributed by atoms with van der Waals surface area (Å²) in [7, 11) is 1.20. The average molecular weight is 184 g/mol. The molecule has 74 valence electrons. The number of hydrogen-bond acceptors (Lipinski definition) is 3. The lowest BCUT2D eigenvalue weighted by Gasteiger charge is -1.92. The van der Waals surface area contributed by atoms with E-state index in [1.54, 1.807) is 6.08 Å². The van der Waals surface area contributed by atoms with Crippen LogP contribution < -0.4 is 0 Å². The van der Waals surface area contributed by atoms with Gasteiger partial charge in [-0.25, -0.2) is 4.79 Å². The Balaban J connectivity index is 3.60. The van der Waals surface area contributed by atoms with Gasteiger partial charge >= 0.3 is 5.97 Å². The van der Waals surface area contributed by atoms with Gasteiger partial charge in [0.1, 0.15) is 0 Å². The lowest BCUT2D eigenvalue weighted by molar-refractivity contribution is -0.149. The van der Waals surface area contributed by atoms with Crippen LogP contribution in [0.5, 0.6) is 0 Å². The molecular weight excluding hydrogens is 168 g/mol. The summed E-state index contributed by atoms with van der Waals surface area (Å²) in [6.45, 7) is 2.11. The molecule has 0 saturated heterocycles. The molecular formula is C10H16O3. The third kappa shape index (κ3) is 6.08. The van der Waals surface area contributed by atoms with Crippen LogP contribution in [0.3, 0.4) is 0 Å². The van der Waals surface area contributed by atoms with Gasteiger partial charge in [-0.05, 0) is 18.9 Å². The van der Waals surface area contributed by atoms with Gasteiger partial charge in [-0.15, -0.1) is 0 Å². The largest absolute Gasteiger partial charge is 0.463 e. The van der Waals surface area contributed by atoms with Gasteiger partial charge in [0, 0.05) is 0 Å². The van der Waals surface area contributed by atoms with Crippen molar-refractivity contribution < 1.29 is 14.3 Å².